The molecule has 0 spiro atoms. The standard InChI is InChI=1S/C20H21NO2/c1-14(2)13-23-17-8-9-18-16(12-17)10-11-21-19(18)20(22)15-6-4-3-5-7-15/h3-9,12,14H,10-11,13H2,1-2H3. The summed E-state index contributed by atoms with van der Waals surface area (Å²) in [5, 5.41) is 0. The van der Waals surface area contributed by atoms with Gasteiger partial charge in [-0.25, -0.2) is 0 Å². The van der Waals surface area contributed by atoms with Crippen LogP contribution in [-0.2, 0) is 6.42 Å². The number of rotatable bonds is 5. The third kappa shape index (κ3) is 3.50. The van der Waals surface area contributed by atoms with Gasteiger partial charge < -0.3 is 4.74 Å². The van der Waals surface area contributed by atoms with Gasteiger partial charge in [-0.3, -0.25) is 9.79 Å². The first-order valence-corrected chi connectivity index (χ1v) is 8.05. The zero-order chi connectivity index (χ0) is 16.2. The summed E-state index contributed by atoms with van der Waals surface area (Å²) in [4.78, 5) is 17.2. The Hall–Kier alpha value is -2.42. The molecule has 0 atom stereocenters. The van der Waals surface area contributed by atoms with E-state index in [2.05, 4.69) is 18.8 Å². The first-order chi connectivity index (χ1) is 11.1. The molecule has 3 heteroatoms. The molecule has 0 aromatic heterocycles. The minimum Gasteiger partial charge on any atom is -0.493 e. The number of ketones is 1. The van der Waals surface area contributed by atoms with Gasteiger partial charge in [0.15, 0.2) is 0 Å². The summed E-state index contributed by atoms with van der Waals surface area (Å²) in [5.74, 6) is 1.34. The van der Waals surface area contributed by atoms with Crippen LogP contribution >= 0.6 is 0 Å². The Kier molecular flexibility index (Phi) is 4.56. The van der Waals surface area contributed by atoms with Crippen LogP contribution < -0.4 is 4.74 Å². The van der Waals surface area contributed by atoms with E-state index in [1.165, 1.54) is 0 Å². The number of hydrogen-bond acceptors (Lipinski definition) is 3. The third-order valence-electron chi connectivity index (χ3n) is 3.82. The summed E-state index contributed by atoms with van der Waals surface area (Å²) in [7, 11) is 0. The quantitative estimate of drug-likeness (QED) is 0.785. The summed E-state index contributed by atoms with van der Waals surface area (Å²) in [6.45, 7) is 5.60. The lowest BCUT2D eigenvalue weighted by molar-refractivity contribution is 0.106. The van der Waals surface area contributed by atoms with Crippen LogP contribution in [0.25, 0.3) is 0 Å². The van der Waals surface area contributed by atoms with Crippen LogP contribution in [0.1, 0.15) is 35.3 Å². The fourth-order valence-corrected chi connectivity index (χ4v) is 2.65. The van der Waals surface area contributed by atoms with E-state index in [-0.39, 0.29) is 5.78 Å². The monoisotopic (exact) mass is 307 g/mol. The Morgan fingerprint density at radius 3 is 2.70 bits per heavy atom. The van der Waals surface area contributed by atoms with Gasteiger partial charge in [-0.1, -0.05) is 44.2 Å². The van der Waals surface area contributed by atoms with E-state index in [4.69, 9.17) is 4.74 Å². The van der Waals surface area contributed by atoms with Gasteiger partial charge in [-0.2, -0.15) is 0 Å². The van der Waals surface area contributed by atoms with Crippen LogP contribution in [0.5, 0.6) is 5.75 Å². The zero-order valence-corrected chi connectivity index (χ0v) is 13.6. The minimum absolute atomic E-state index is 0.0117. The van der Waals surface area contributed by atoms with Gasteiger partial charge in [-0.15, -0.1) is 0 Å². The lowest BCUT2D eigenvalue weighted by Gasteiger charge is -2.18. The van der Waals surface area contributed by atoms with Gasteiger partial charge >= 0.3 is 0 Å². The zero-order valence-electron chi connectivity index (χ0n) is 13.6. The van der Waals surface area contributed by atoms with Crippen LogP contribution in [-0.4, -0.2) is 24.6 Å². The van der Waals surface area contributed by atoms with E-state index >= 15 is 0 Å². The fraction of sp³-hybridized carbons (Fsp3) is 0.300. The topological polar surface area (TPSA) is 38.7 Å². The van der Waals surface area contributed by atoms with E-state index in [0.717, 1.165) is 23.3 Å². The molecular weight excluding hydrogens is 286 g/mol. The Morgan fingerprint density at radius 1 is 1.17 bits per heavy atom. The van der Waals surface area contributed by atoms with Gasteiger partial charge in [0.1, 0.15) is 11.5 Å². The molecule has 118 valence electrons. The molecule has 1 heterocycles. The second-order valence-electron chi connectivity index (χ2n) is 6.20. The largest absolute Gasteiger partial charge is 0.493 e. The summed E-state index contributed by atoms with van der Waals surface area (Å²) in [5.41, 5.74) is 3.31. The molecule has 0 aliphatic carbocycles. The van der Waals surface area contributed by atoms with E-state index in [1.807, 2.05) is 48.5 Å². The second-order valence-corrected chi connectivity index (χ2v) is 6.20. The molecule has 1 aliphatic heterocycles. The van der Waals surface area contributed by atoms with Crippen molar-refractivity contribution < 1.29 is 9.53 Å². The summed E-state index contributed by atoms with van der Waals surface area (Å²) < 4.78 is 5.79. The molecule has 0 saturated heterocycles. The number of aliphatic imine (C=N–C) groups is 1. The van der Waals surface area contributed by atoms with Crippen molar-refractivity contribution in [3.63, 3.8) is 0 Å². The molecule has 0 N–H and O–H groups in total. The normalized spacial score (nSPS) is 13.4. The third-order valence-corrected chi connectivity index (χ3v) is 3.82. The highest BCUT2D eigenvalue weighted by atomic mass is 16.5. The van der Waals surface area contributed by atoms with E-state index < -0.39 is 0 Å². The number of hydrogen-bond donors (Lipinski definition) is 0. The maximum absolute atomic E-state index is 12.7. The highest BCUT2D eigenvalue weighted by Crippen LogP contribution is 2.24. The number of benzene rings is 2. The molecule has 1 aliphatic rings. The van der Waals surface area contributed by atoms with E-state index in [9.17, 15) is 4.79 Å². The second kappa shape index (κ2) is 6.78. The molecule has 0 unspecified atom stereocenters. The van der Waals surface area contributed by atoms with Gasteiger partial charge in [-0.05, 0) is 36.1 Å². The van der Waals surface area contributed by atoms with Crippen molar-refractivity contribution >= 4 is 11.5 Å². The molecule has 3 nitrogen and oxygen atoms in total. The predicted octanol–water partition coefficient (Wildman–Crippen LogP) is 3.95. The molecule has 23 heavy (non-hydrogen) atoms. The summed E-state index contributed by atoms with van der Waals surface area (Å²) >= 11 is 0. The number of carbonyl (C=O) groups excluding carboxylic acids is 1. The Morgan fingerprint density at radius 2 is 1.96 bits per heavy atom. The minimum atomic E-state index is -0.0117. The van der Waals surface area contributed by atoms with Crippen molar-refractivity contribution in [2.45, 2.75) is 20.3 Å². The molecule has 3 rings (SSSR count). The predicted molar refractivity (Wildman–Crippen MR) is 92.7 cm³/mol. The van der Waals surface area contributed by atoms with Gasteiger partial charge in [0, 0.05) is 17.7 Å². The maximum atomic E-state index is 12.7. The lowest BCUT2D eigenvalue weighted by atomic mass is 9.92. The van der Waals surface area contributed by atoms with Crippen molar-refractivity contribution in [3.05, 3.63) is 65.2 Å². The van der Waals surface area contributed by atoms with E-state index in [0.29, 0.717) is 30.3 Å². The highest BCUT2D eigenvalue weighted by Gasteiger charge is 2.22. The molecule has 0 bridgehead atoms. The van der Waals surface area contributed by atoms with Crippen LogP contribution in [0, 0.1) is 5.92 Å². The Bertz CT molecular complexity index is 733. The Labute approximate surface area is 137 Å². The molecular formula is C20H21NO2. The number of carbonyl (C=O) groups is 1. The molecule has 2 aromatic rings. The first kappa shape index (κ1) is 15.5. The van der Waals surface area contributed by atoms with E-state index in [1.54, 1.807) is 0 Å². The molecule has 2 aromatic carbocycles. The highest BCUT2D eigenvalue weighted by molar-refractivity contribution is 6.51. The van der Waals surface area contributed by atoms with Crippen LogP contribution in [0.3, 0.4) is 0 Å². The van der Waals surface area contributed by atoms with Crippen molar-refractivity contribution in [2.75, 3.05) is 13.2 Å². The van der Waals surface area contributed by atoms with Gasteiger partial charge in [0.25, 0.3) is 0 Å². The van der Waals surface area contributed by atoms with Crippen LogP contribution in [0.15, 0.2) is 53.5 Å². The van der Waals surface area contributed by atoms with Crippen molar-refractivity contribution in [1.29, 1.82) is 0 Å². The SMILES string of the molecule is CC(C)COc1ccc2c(c1)CCN=C2C(=O)c1ccccc1. The number of Topliss-reactive ketones (excluding diaryl/α,β-unsaturated/α-hetero) is 1. The average Bonchev–Trinajstić information content (AvgIpc) is 2.59. The van der Waals surface area contributed by atoms with Crippen molar-refractivity contribution in [2.24, 2.45) is 10.9 Å². The number of ether oxygens (including phenoxy) is 1. The lowest BCUT2D eigenvalue weighted by Crippen LogP contribution is -2.22. The Balaban J connectivity index is 1.87. The van der Waals surface area contributed by atoms with Gasteiger partial charge in [0.2, 0.25) is 5.78 Å². The number of nitrogens with zero attached hydrogens (tertiary/aromatic N) is 1. The summed E-state index contributed by atoms with van der Waals surface area (Å²) in [6, 6.07) is 15.3. The first-order valence-electron chi connectivity index (χ1n) is 8.05. The molecule has 0 fully saturated rings. The molecule has 0 radical (unpaired) electrons. The van der Waals surface area contributed by atoms with Gasteiger partial charge in [0.05, 0.1) is 6.61 Å². The average molecular weight is 307 g/mol. The van der Waals surface area contributed by atoms with Crippen molar-refractivity contribution in [1.82, 2.24) is 0 Å². The number of fused-ring (bicyclic) bond motifs is 1. The smallest absolute Gasteiger partial charge is 0.211 e. The summed E-state index contributed by atoms with van der Waals surface area (Å²) in [6.07, 6.45) is 0.847. The van der Waals surface area contributed by atoms with Crippen LogP contribution in [0.4, 0.5) is 0 Å². The molecule has 0 amide bonds. The maximum Gasteiger partial charge on any atom is 0.211 e. The van der Waals surface area contributed by atoms with Crippen molar-refractivity contribution in [3.8, 4) is 5.75 Å². The molecule has 0 saturated carbocycles. The fourth-order valence-electron chi connectivity index (χ4n) is 2.65. The van der Waals surface area contributed by atoms with Crippen LogP contribution in [0.2, 0.25) is 0 Å².